The molecule has 0 amide bonds. The molecule has 11 heteroatoms. The Kier molecular flexibility index (Phi) is 4.98. The lowest BCUT2D eigenvalue weighted by Crippen LogP contribution is -2.41. The lowest BCUT2D eigenvalue weighted by atomic mass is 9.91. The van der Waals surface area contributed by atoms with Gasteiger partial charge in [-0.25, -0.2) is 31.5 Å². The quantitative estimate of drug-likeness (QED) is 0.655. The van der Waals surface area contributed by atoms with Gasteiger partial charge in [0.15, 0.2) is 0 Å². The highest BCUT2D eigenvalue weighted by Gasteiger charge is 2.32. The Morgan fingerprint density at radius 3 is 2.60 bits per heavy atom. The minimum atomic E-state index is -4.02. The third-order valence-corrected chi connectivity index (χ3v) is 6.24. The van der Waals surface area contributed by atoms with Crippen LogP contribution < -0.4 is 10.0 Å². The SMILES string of the molecule is Cc1nonc1CN=C1Nc2c(ccc(F)c2[C@@H](C)c2ccccc2F)S(=O)(=O)N1. The van der Waals surface area contributed by atoms with Crippen LogP contribution >= 0.6 is 0 Å². The number of nitrogens with zero attached hydrogens (tertiary/aromatic N) is 3. The summed E-state index contributed by atoms with van der Waals surface area (Å²) < 4.78 is 61.5. The number of benzene rings is 2. The van der Waals surface area contributed by atoms with E-state index in [1.807, 2.05) is 0 Å². The summed E-state index contributed by atoms with van der Waals surface area (Å²) in [7, 11) is -4.02. The number of aliphatic imine (C=N–C) groups is 1. The van der Waals surface area contributed by atoms with Crippen LogP contribution in [0.15, 0.2) is 50.9 Å². The van der Waals surface area contributed by atoms with Gasteiger partial charge in [0.25, 0.3) is 10.0 Å². The molecule has 0 fully saturated rings. The van der Waals surface area contributed by atoms with E-state index in [1.54, 1.807) is 19.9 Å². The number of guanidine groups is 1. The summed E-state index contributed by atoms with van der Waals surface area (Å²) in [5, 5.41) is 10.2. The second kappa shape index (κ2) is 7.48. The van der Waals surface area contributed by atoms with Gasteiger partial charge in [-0.2, -0.15) is 0 Å². The lowest BCUT2D eigenvalue weighted by molar-refractivity contribution is 0.301. The molecular formula is C19H17F2N5O3S. The third kappa shape index (κ3) is 3.52. The van der Waals surface area contributed by atoms with E-state index in [-0.39, 0.29) is 34.2 Å². The molecular weight excluding hydrogens is 416 g/mol. The zero-order valence-corrected chi connectivity index (χ0v) is 16.8. The first-order valence-corrected chi connectivity index (χ1v) is 10.5. The van der Waals surface area contributed by atoms with Crippen LogP contribution in [-0.4, -0.2) is 24.7 Å². The summed E-state index contributed by atoms with van der Waals surface area (Å²) in [5.74, 6) is -2.05. The fourth-order valence-corrected chi connectivity index (χ4v) is 4.43. The van der Waals surface area contributed by atoms with Crippen LogP contribution in [0.4, 0.5) is 14.5 Å². The maximum absolute atomic E-state index is 14.8. The third-order valence-electron chi connectivity index (χ3n) is 4.86. The molecule has 0 bridgehead atoms. The standard InChI is InChI=1S/C19H17F2N5O3S/c1-10(12-5-3-4-6-13(12)20)17-14(21)7-8-16-18(17)23-19(26-30(16,27)28)22-9-15-11(2)24-29-25-15/h3-8,10H,9H2,1-2H3,(H2,22,23,26)/t10-/m0/s1. The number of hydrogen-bond donors (Lipinski definition) is 2. The van der Waals surface area contributed by atoms with Crippen molar-refractivity contribution in [3.8, 4) is 0 Å². The molecule has 0 spiro atoms. The van der Waals surface area contributed by atoms with Crippen molar-refractivity contribution < 1.29 is 21.8 Å². The van der Waals surface area contributed by atoms with Gasteiger partial charge in [-0.3, -0.25) is 0 Å². The highest BCUT2D eigenvalue weighted by atomic mass is 32.2. The van der Waals surface area contributed by atoms with Crippen molar-refractivity contribution in [3.63, 3.8) is 0 Å². The summed E-state index contributed by atoms with van der Waals surface area (Å²) >= 11 is 0. The van der Waals surface area contributed by atoms with Gasteiger partial charge in [0, 0.05) is 11.5 Å². The van der Waals surface area contributed by atoms with Gasteiger partial charge in [0.2, 0.25) is 5.96 Å². The Balaban J connectivity index is 1.79. The van der Waals surface area contributed by atoms with Gasteiger partial charge in [0.1, 0.15) is 27.9 Å². The van der Waals surface area contributed by atoms with Crippen molar-refractivity contribution in [2.45, 2.75) is 31.2 Å². The van der Waals surface area contributed by atoms with Gasteiger partial charge >= 0.3 is 0 Å². The van der Waals surface area contributed by atoms with Gasteiger partial charge in [-0.1, -0.05) is 35.4 Å². The Bertz CT molecular complexity index is 1260. The van der Waals surface area contributed by atoms with E-state index in [1.165, 1.54) is 18.2 Å². The molecule has 8 nitrogen and oxygen atoms in total. The molecule has 2 N–H and O–H groups in total. The minimum Gasteiger partial charge on any atom is -0.324 e. The van der Waals surface area contributed by atoms with E-state index in [4.69, 9.17) is 0 Å². The fraction of sp³-hybridized carbons (Fsp3) is 0.211. The predicted molar refractivity (Wildman–Crippen MR) is 104 cm³/mol. The van der Waals surface area contributed by atoms with Crippen LogP contribution in [0, 0.1) is 18.6 Å². The molecule has 2 heterocycles. The van der Waals surface area contributed by atoms with Gasteiger partial charge in [0.05, 0.1) is 12.2 Å². The number of fused-ring (bicyclic) bond motifs is 1. The molecule has 0 saturated heterocycles. The van der Waals surface area contributed by atoms with Crippen LogP contribution in [0.25, 0.3) is 0 Å². The summed E-state index contributed by atoms with van der Waals surface area (Å²) in [4.78, 5) is 4.01. The number of aryl methyl sites for hydroxylation is 1. The van der Waals surface area contributed by atoms with Crippen LogP contribution in [-0.2, 0) is 16.6 Å². The second-order valence-corrected chi connectivity index (χ2v) is 8.42. The molecule has 0 saturated carbocycles. The Morgan fingerprint density at radius 1 is 1.13 bits per heavy atom. The summed E-state index contributed by atoms with van der Waals surface area (Å²) in [6.07, 6.45) is 0. The lowest BCUT2D eigenvalue weighted by Gasteiger charge is -2.26. The smallest absolute Gasteiger partial charge is 0.266 e. The van der Waals surface area contributed by atoms with E-state index in [0.29, 0.717) is 11.4 Å². The van der Waals surface area contributed by atoms with Gasteiger partial charge in [-0.05, 0) is 30.7 Å². The second-order valence-electron chi connectivity index (χ2n) is 6.77. The first-order valence-electron chi connectivity index (χ1n) is 8.97. The van der Waals surface area contributed by atoms with Crippen LogP contribution in [0.1, 0.15) is 35.4 Å². The van der Waals surface area contributed by atoms with Crippen molar-refractivity contribution in [2.75, 3.05) is 5.32 Å². The van der Waals surface area contributed by atoms with Crippen molar-refractivity contribution in [2.24, 2.45) is 4.99 Å². The monoisotopic (exact) mass is 433 g/mol. The summed E-state index contributed by atoms with van der Waals surface area (Å²) in [5.41, 5.74) is 1.21. The van der Waals surface area contributed by atoms with E-state index in [9.17, 15) is 17.2 Å². The maximum atomic E-state index is 14.8. The molecule has 4 rings (SSSR count). The molecule has 0 radical (unpaired) electrons. The molecule has 1 aliphatic rings. The maximum Gasteiger partial charge on any atom is 0.266 e. The number of hydrogen-bond acceptors (Lipinski definition) is 6. The van der Waals surface area contributed by atoms with E-state index in [2.05, 4.69) is 30.0 Å². The molecule has 3 aromatic rings. The number of halogens is 2. The largest absolute Gasteiger partial charge is 0.324 e. The topological polar surface area (TPSA) is 109 Å². The van der Waals surface area contributed by atoms with Crippen LogP contribution in [0.3, 0.4) is 0 Å². The Labute approximate surface area is 171 Å². The molecule has 30 heavy (non-hydrogen) atoms. The van der Waals surface area contributed by atoms with E-state index >= 15 is 0 Å². The van der Waals surface area contributed by atoms with Crippen LogP contribution in [0.2, 0.25) is 0 Å². The van der Waals surface area contributed by atoms with Gasteiger partial charge in [-0.15, -0.1) is 0 Å². The van der Waals surface area contributed by atoms with Crippen molar-refractivity contribution in [3.05, 3.63) is 70.5 Å². The first-order chi connectivity index (χ1) is 14.3. The molecule has 0 aliphatic carbocycles. The number of sulfonamides is 1. The van der Waals surface area contributed by atoms with Gasteiger partial charge < -0.3 is 5.32 Å². The number of anilines is 1. The Hall–Kier alpha value is -3.34. The molecule has 1 atom stereocenters. The predicted octanol–water partition coefficient (Wildman–Crippen LogP) is 3.07. The zero-order chi connectivity index (χ0) is 21.5. The normalized spacial score (nSPS) is 17.1. The average Bonchev–Trinajstić information content (AvgIpc) is 3.10. The molecule has 1 aliphatic heterocycles. The van der Waals surface area contributed by atoms with E-state index < -0.39 is 27.6 Å². The number of nitrogens with one attached hydrogen (secondary N) is 2. The number of aromatic nitrogens is 2. The molecule has 1 aromatic heterocycles. The highest BCUT2D eigenvalue weighted by Crippen LogP contribution is 2.38. The van der Waals surface area contributed by atoms with Crippen molar-refractivity contribution in [1.29, 1.82) is 0 Å². The molecule has 2 aromatic carbocycles. The Morgan fingerprint density at radius 2 is 1.90 bits per heavy atom. The number of rotatable bonds is 4. The highest BCUT2D eigenvalue weighted by molar-refractivity contribution is 7.90. The molecule has 0 unspecified atom stereocenters. The first kappa shape index (κ1) is 20.0. The average molecular weight is 433 g/mol. The molecule has 156 valence electrons. The summed E-state index contributed by atoms with van der Waals surface area (Å²) in [6.45, 7) is 3.26. The fourth-order valence-electron chi connectivity index (χ4n) is 3.28. The minimum absolute atomic E-state index is 0.0109. The van der Waals surface area contributed by atoms with Crippen molar-refractivity contribution >= 4 is 21.7 Å². The van der Waals surface area contributed by atoms with E-state index in [0.717, 1.165) is 12.1 Å². The summed E-state index contributed by atoms with van der Waals surface area (Å²) in [6, 6.07) is 8.17. The van der Waals surface area contributed by atoms with Crippen LogP contribution in [0.5, 0.6) is 0 Å². The van der Waals surface area contributed by atoms with Crippen molar-refractivity contribution in [1.82, 2.24) is 15.0 Å². The zero-order valence-electron chi connectivity index (χ0n) is 16.0.